The van der Waals surface area contributed by atoms with Gasteiger partial charge in [-0.25, -0.2) is 0 Å². The van der Waals surface area contributed by atoms with Crippen LogP contribution in [0.1, 0.15) is 0 Å². The minimum absolute atomic E-state index is 0.0651. The predicted octanol–water partition coefficient (Wildman–Crippen LogP) is 4.92. The molecular formula is C20H34O8S11. The lowest BCUT2D eigenvalue weighted by Crippen LogP contribution is -2.08. The smallest absolute Gasteiger partial charge is 0.316 e. The summed E-state index contributed by atoms with van der Waals surface area (Å²) < 4.78 is 15.7. The van der Waals surface area contributed by atoms with E-state index in [1.807, 2.05) is 0 Å². The molecule has 0 aromatic carbocycles. The topological polar surface area (TPSA) is 119 Å². The average Bonchev–Trinajstić information content (AvgIpc) is 2.92. The fourth-order valence-electron chi connectivity index (χ4n) is 1.75. The molecule has 8 nitrogen and oxygen atoms in total. The molecule has 228 valence electrons. The summed E-state index contributed by atoms with van der Waals surface area (Å²) in [5.74, 6) is 5.59. The standard InChI is InChI=1S/C20H34O8S11/c21-9-34-14-36-11-26-17(23)5-30-1-3-32-7-19(25)39-16-38-13-28-20(29)8-33-4-2-31-6-18(24)27-12-37-15-35-10-22/h21-22H,1-16H2. The van der Waals surface area contributed by atoms with Crippen LogP contribution >= 0.6 is 130 Å². The summed E-state index contributed by atoms with van der Waals surface area (Å²) in [7, 11) is 0. The van der Waals surface area contributed by atoms with Crippen molar-refractivity contribution in [3.63, 3.8) is 0 Å². The zero-order valence-electron chi connectivity index (χ0n) is 21.1. The van der Waals surface area contributed by atoms with Gasteiger partial charge in [0.2, 0.25) is 0 Å². The lowest BCUT2D eigenvalue weighted by molar-refractivity contribution is -0.139. The second-order valence-corrected chi connectivity index (χ2v) is 18.0. The van der Waals surface area contributed by atoms with Gasteiger partial charge in [-0.1, -0.05) is 11.8 Å². The first-order chi connectivity index (χ1) is 19.0. The Bertz CT molecular complexity index is 597. The predicted molar refractivity (Wildman–Crippen MR) is 189 cm³/mol. The van der Waals surface area contributed by atoms with Crippen LogP contribution in [-0.4, -0.2) is 123 Å². The third kappa shape index (κ3) is 32.7. The maximum atomic E-state index is 12.0. The molecule has 0 aliphatic carbocycles. The highest BCUT2D eigenvalue weighted by molar-refractivity contribution is 8.24. The first kappa shape index (κ1) is 40.9. The van der Waals surface area contributed by atoms with Crippen LogP contribution in [0.15, 0.2) is 0 Å². The lowest BCUT2D eigenvalue weighted by Gasteiger charge is -2.07. The Kier molecular flexibility index (Phi) is 34.4. The van der Waals surface area contributed by atoms with E-state index >= 15 is 0 Å². The van der Waals surface area contributed by atoms with Gasteiger partial charge < -0.3 is 24.4 Å². The van der Waals surface area contributed by atoms with Crippen LogP contribution in [0.25, 0.3) is 0 Å². The van der Waals surface area contributed by atoms with Gasteiger partial charge in [0, 0.05) is 33.2 Å². The number of rotatable bonds is 28. The quantitative estimate of drug-likeness (QED) is 0.0486. The molecule has 2 N–H and O–H groups in total. The maximum absolute atomic E-state index is 12.0. The van der Waals surface area contributed by atoms with Crippen molar-refractivity contribution in [2.75, 3.05) is 91.0 Å². The Morgan fingerprint density at radius 3 is 1.49 bits per heavy atom. The van der Waals surface area contributed by atoms with E-state index in [-0.39, 0.29) is 28.9 Å². The third-order valence-electron chi connectivity index (χ3n) is 3.35. The first-order valence-corrected chi connectivity index (χ1v) is 22.8. The maximum Gasteiger partial charge on any atom is 0.316 e. The number of aliphatic hydroxyl groups excluding tert-OH is 2. The molecule has 0 radical (unpaired) electrons. The van der Waals surface area contributed by atoms with Crippen molar-refractivity contribution in [2.45, 2.75) is 0 Å². The van der Waals surface area contributed by atoms with Crippen molar-refractivity contribution in [1.29, 1.82) is 0 Å². The fraction of sp³-hybridized carbons (Fsp3) is 0.800. The molecule has 0 heterocycles. The molecule has 0 aromatic heterocycles. The highest BCUT2D eigenvalue weighted by Gasteiger charge is 2.07. The van der Waals surface area contributed by atoms with Crippen molar-refractivity contribution in [3.05, 3.63) is 0 Å². The van der Waals surface area contributed by atoms with E-state index < -0.39 is 0 Å². The van der Waals surface area contributed by atoms with Gasteiger partial charge in [-0.3, -0.25) is 14.4 Å². The molecule has 39 heavy (non-hydrogen) atoms. The minimum atomic E-state index is -0.245. The van der Waals surface area contributed by atoms with Gasteiger partial charge in [-0.15, -0.1) is 82.3 Å². The Labute approximate surface area is 279 Å². The summed E-state index contributed by atoms with van der Waals surface area (Å²) >= 11 is 19.9. The van der Waals surface area contributed by atoms with Gasteiger partial charge in [0.05, 0.1) is 40.0 Å². The molecule has 0 fully saturated rings. The molecular weight excluding hydrogens is 721 g/mol. The first-order valence-electron chi connectivity index (χ1n) is 11.0. The van der Waals surface area contributed by atoms with Gasteiger partial charge in [-0.2, -0.15) is 23.5 Å². The van der Waals surface area contributed by atoms with E-state index in [4.69, 9.17) is 36.6 Å². The summed E-state index contributed by atoms with van der Waals surface area (Å²) in [5.41, 5.74) is 0. The zero-order chi connectivity index (χ0) is 28.8. The number of carbonyl (C=O) groups is 3. The normalized spacial score (nSPS) is 10.8. The van der Waals surface area contributed by atoms with Gasteiger partial charge in [0.1, 0.15) is 17.8 Å². The average molecular weight is 755 g/mol. The molecule has 0 amide bonds. The van der Waals surface area contributed by atoms with Gasteiger partial charge in [0.25, 0.3) is 0 Å². The molecule has 0 aromatic rings. The summed E-state index contributed by atoms with van der Waals surface area (Å²) in [6.07, 6.45) is 0. The van der Waals surface area contributed by atoms with Crippen molar-refractivity contribution in [2.24, 2.45) is 0 Å². The molecule has 0 saturated heterocycles. The lowest BCUT2D eigenvalue weighted by atomic mass is 10.8. The SMILES string of the molecule is O=C(CSCCSCC(=O)SCSCOC(=S)CSCCSCC(=O)OCSCSCO)OCSCSCO. The van der Waals surface area contributed by atoms with Gasteiger partial charge in [-0.05, 0) is 12.2 Å². The Hall–Kier alpha value is 1.92. The van der Waals surface area contributed by atoms with E-state index in [0.29, 0.717) is 61.1 Å². The molecule has 0 unspecified atom stereocenters. The van der Waals surface area contributed by atoms with Crippen LogP contribution in [0.3, 0.4) is 0 Å². The van der Waals surface area contributed by atoms with E-state index in [9.17, 15) is 14.4 Å². The molecule has 19 heteroatoms. The van der Waals surface area contributed by atoms with Gasteiger partial charge in [0.15, 0.2) is 10.2 Å². The van der Waals surface area contributed by atoms with Crippen molar-refractivity contribution >= 4 is 152 Å². The second kappa shape index (κ2) is 32.8. The summed E-state index contributed by atoms with van der Waals surface area (Å²) in [6.45, 7) is 0. The molecule has 0 rings (SSSR count). The number of carbonyl (C=O) groups excluding carboxylic acids is 3. The third-order valence-corrected chi connectivity index (χ3v) is 13.8. The van der Waals surface area contributed by atoms with Crippen molar-refractivity contribution in [1.82, 2.24) is 0 Å². The number of ether oxygens (including phenoxy) is 3. The Morgan fingerprint density at radius 1 is 0.538 bits per heavy atom. The number of hydrogen-bond acceptors (Lipinski definition) is 19. The van der Waals surface area contributed by atoms with E-state index in [1.54, 1.807) is 23.5 Å². The molecule has 0 saturated carbocycles. The van der Waals surface area contributed by atoms with Crippen molar-refractivity contribution < 1.29 is 38.8 Å². The highest BCUT2D eigenvalue weighted by Crippen LogP contribution is 2.18. The molecule has 0 aliphatic heterocycles. The number of hydrogen-bond donors (Lipinski definition) is 2. The van der Waals surface area contributed by atoms with Crippen LogP contribution < -0.4 is 0 Å². The largest absolute Gasteiger partial charge is 0.476 e. The van der Waals surface area contributed by atoms with E-state index in [1.165, 1.54) is 94.1 Å². The summed E-state index contributed by atoms with van der Waals surface area (Å²) in [6, 6.07) is 0. The number of aliphatic hydroxyl groups is 2. The Morgan fingerprint density at radius 2 is 0.974 bits per heavy atom. The van der Waals surface area contributed by atoms with Crippen LogP contribution in [0.4, 0.5) is 0 Å². The van der Waals surface area contributed by atoms with Crippen LogP contribution in [0, 0.1) is 0 Å². The van der Waals surface area contributed by atoms with Gasteiger partial charge >= 0.3 is 11.9 Å². The monoisotopic (exact) mass is 754 g/mol. The summed E-state index contributed by atoms with van der Waals surface area (Å²) in [4.78, 5) is 35.1. The molecule has 0 spiro atoms. The van der Waals surface area contributed by atoms with E-state index in [2.05, 4.69) is 0 Å². The van der Waals surface area contributed by atoms with Crippen molar-refractivity contribution in [3.8, 4) is 0 Å². The molecule has 0 atom stereocenters. The second-order valence-electron chi connectivity index (χ2n) is 6.26. The van der Waals surface area contributed by atoms with Crippen LogP contribution in [0.2, 0.25) is 0 Å². The van der Waals surface area contributed by atoms with E-state index in [0.717, 1.165) is 23.0 Å². The van der Waals surface area contributed by atoms with Crippen LogP contribution in [-0.2, 0) is 28.6 Å². The fourth-order valence-corrected chi connectivity index (χ4v) is 9.96. The minimum Gasteiger partial charge on any atom is -0.476 e. The zero-order valence-corrected chi connectivity index (χ0v) is 30.1. The molecule has 0 aliphatic rings. The van der Waals surface area contributed by atoms with Crippen LogP contribution in [0.5, 0.6) is 0 Å². The molecule has 0 bridgehead atoms. The highest BCUT2D eigenvalue weighted by atomic mass is 32.2. The number of esters is 2. The number of thiocarbonyl (C=S) groups is 1. The summed E-state index contributed by atoms with van der Waals surface area (Å²) in [5, 5.41) is 19.9. The number of thioether (sulfide) groups is 10. The Balaban J connectivity index is 3.42.